The minimum atomic E-state index is -0.531. The minimum Gasteiger partial charge on any atom is -0.493 e. The minimum absolute atomic E-state index is 0.00252. The summed E-state index contributed by atoms with van der Waals surface area (Å²) in [5.74, 6) is 0.116. The van der Waals surface area contributed by atoms with E-state index in [-0.39, 0.29) is 23.3 Å². The monoisotopic (exact) mass is 360 g/mol. The van der Waals surface area contributed by atoms with Crippen molar-refractivity contribution in [1.82, 2.24) is 10.2 Å². The van der Waals surface area contributed by atoms with Crippen molar-refractivity contribution in [2.45, 2.75) is 20.0 Å². The first-order valence-corrected chi connectivity index (χ1v) is 8.12. The van der Waals surface area contributed by atoms with Crippen LogP contribution in [0.25, 0.3) is 6.08 Å². The number of ether oxygens (including phenoxy) is 2. The molecule has 1 heterocycles. The molecule has 0 saturated carbocycles. The lowest BCUT2D eigenvalue weighted by molar-refractivity contribution is -0.128. The van der Waals surface area contributed by atoms with Crippen LogP contribution in [0.1, 0.15) is 19.4 Å². The predicted octanol–water partition coefficient (Wildman–Crippen LogP) is 2.30. The smallest absolute Gasteiger partial charge is 0.265 e. The number of hydrogen-bond donors (Lipinski definition) is 1. The summed E-state index contributed by atoms with van der Waals surface area (Å²) in [6.07, 6.45) is 3.04. The molecular weight excluding hydrogens is 340 g/mol. The van der Waals surface area contributed by atoms with Crippen molar-refractivity contribution < 1.29 is 19.1 Å². The van der Waals surface area contributed by atoms with Gasteiger partial charge in [-0.25, -0.2) is 0 Å². The van der Waals surface area contributed by atoms with Crippen molar-refractivity contribution in [3.05, 3.63) is 42.0 Å². The van der Waals surface area contributed by atoms with E-state index in [0.717, 1.165) is 0 Å². The normalized spacial score (nSPS) is 16.2. The first kappa shape index (κ1) is 18.7. The van der Waals surface area contributed by atoms with E-state index in [9.17, 15) is 9.59 Å². The van der Waals surface area contributed by atoms with Crippen LogP contribution in [0.15, 0.2) is 36.4 Å². The summed E-state index contributed by atoms with van der Waals surface area (Å²) in [6.45, 7) is 7.64. The number of thiocarbonyl (C=S) groups is 1. The summed E-state index contributed by atoms with van der Waals surface area (Å²) in [7, 11) is 1.53. The number of carbonyl (C=O) groups is 2. The highest BCUT2D eigenvalue weighted by molar-refractivity contribution is 7.80. The van der Waals surface area contributed by atoms with Gasteiger partial charge < -0.3 is 9.47 Å². The van der Waals surface area contributed by atoms with E-state index >= 15 is 0 Å². The van der Waals surface area contributed by atoms with Gasteiger partial charge in [0.15, 0.2) is 16.6 Å². The molecule has 1 fully saturated rings. The Balaban J connectivity index is 2.37. The van der Waals surface area contributed by atoms with Gasteiger partial charge in [0.1, 0.15) is 5.57 Å². The Morgan fingerprint density at radius 3 is 2.64 bits per heavy atom. The molecule has 0 radical (unpaired) electrons. The maximum Gasteiger partial charge on any atom is 0.265 e. The third-order valence-electron chi connectivity index (χ3n) is 3.36. The number of nitrogens with zero attached hydrogens (tertiary/aromatic N) is 1. The SMILES string of the molecule is C=CCN1C(=O)C(=Cc2ccc(OC(C)C)c(OC)c2)C(=O)NC1=S. The number of rotatable bonds is 6. The largest absolute Gasteiger partial charge is 0.493 e. The highest BCUT2D eigenvalue weighted by Crippen LogP contribution is 2.30. The summed E-state index contributed by atoms with van der Waals surface area (Å²) in [6, 6.07) is 5.19. The van der Waals surface area contributed by atoms with Crippen molar-refractivity contribution in [3.8, 4) is 11.5 Å². The lowest BCUT2D eigenvalue weighted by Gasteiger charge is -2.27. The first-order valence-electron chi connectivity index (χ1n) is 7.71. The van der Waals surface area contributed by atoms with Crippen LogP contribution in [0.2, 0.25) is 0 Å². The second-order valence-corrected chi connectivity index (χ2v) is 5.99. The van der Waals surface area contributed by atoms with E-state index < -0.39 is 11.8 Å². The van der Waals surface area contributed by atoms with E-state index in [4.69, 9.17) is 21.7 Å². The fourth-order valence-electron chi connectivity index (χ4n) is 2.28. The van der Waals surface area contributed by atoms with Crippen molar-refractivity contribution in [3.63, 3.8) is 0 Å². The van der Waals surface area contributed by atoms with Gasteiger partial charge in [-0.15, -0.1) is 6.58 Å². The zero-order chi connectivity index (χ0) is 18.6. The van der Waals surface area contributed by atoms with E-state index in [0.29, 0.717) is 17.1 Å². The number of benzene rings is 1. The van der Waals surface area contributed by atoms with Gasteiger partial charge in [0.2, 0.25) is 0 Å². The molecule has 1 aromatic carbocycles. The van der Waals surface area contributed by atoms with Crippen LogP contribution >= 0.6 is 12.2 Å². The standard InChI is InChI=1S/C18H20N2O4S/c1-5-8-20-17(22)13(16(21)19-18(20)25)9-12-6-7-14(24-11(2)3)15(10-12)23-4/h5-7,9-11H,1,8H2,2-4H3,(H,19,21,25). The lowest BCUT2D eigenvalue weighted by atomic mass is 10.1. The van der Waals surface area contributed by atoms with Crippen molar-refractivity contribution in [2.24, 2.45) is 0 Å². The van der Waals surface area contributed by atoms with E-state index in [2.05, 4.69) is 11.9 Å². The van der Waals surface area contributed by atoms with E-state index in [1.165, 1.54) is 18.1 Å². The fourth-order valence-corrected chi connectivity index (χ4v) is 2.53. The van der Waals surface area contributed by atoms with Crippen LogP contribution in [0.3, 0.4) is 0 Å². The molecule has 1 N–H and O–H groups in total. The molecule has 0 aromatic heterocycles. The predicted molar refractivity (Wildman–Crippen MR) is 99.4 cm³/mol. The lowest BCUT2D eigenvalue weighted by Crippen LogP contribution is -2.53. The Kier molecular flexibility index (Phi) is 5.93. The van der Waals surface area contributed by atoms with Gasteiger partial charge >= 0.3 is 0 Å². The number of amides is 2. The highest BCUT2D eigenvalue weighted by Gasteiger charge is 2.32. The molecular formula is C18H20N2O4S. The zero-order valence-corrected chi connectivity index (χ0v) is 15.2. The Hall–Kier alpha value is -2.67. The topological polar surface area (TPSA) is 67.9 Å². The van der Waals surface area contributed by atoms with Crippen molar-refractivity contribution in [2.75, 3.05) is 13.7 Å². The third kappa shape index (κ3) is 4.24. The van der Waals surface area contributed by atoms with Crippen molar-refractivity contribution >= 4 is 35.2 Å². The van der Waals surface area contributed by atoms with Crippen LogP contribution in [0.4, 0.5) is 0 Å². The van der Waals surface area contributed by atoms with Gasteiger partial charge in [-0.05, 0) is 49.8 Å². The van der Waals surface area contributed by atoms with Gasteiger partial charge in [0.25, 0.3) is 11.8 Å². The summed E-state index contributed by atoms with van der Waals surface area (Å²) < 4.78 is 11.0. The fraction of sp³-hybridized carbons (Fsp3) is 0.278. The van der Waals surface area contributed by atoms with Gasteiger partial charge in [0.05, 0.1) is 13.2 Å². The van der Waals surface area contributed by atoms with Crippen molar-refractivity contribution in [1.29, 1.82) is 0 Å². The molecule has 6 nitrogen and oxygen atoms in total. The molecule has 25 heavy (non-hydrogen) atoms. The Labute approximate surface area is 152 Å². The Morgan fingerprint density at radius 2 is 2.04 bits per heavy atom. The quantitative estimate of drug-likeness (QED) is 0.365. The molecule has 2 amide bonds. The summed E-state index contributed by atoms with van der Waals surface area (Å²) in [5, 5.41) is 2.58. The summed E-state index contributed by atoms with van der Waals surface area (Å²) in [4.78, 5) is 25.9. The number of carbonyl (C=O) groups excluding carboxylic acids is 2. The second kappa shape index (κ2) is 7.94. The molecule has 0 aliphatic carbocycles. The van der Waals surface area contributed by atoms with Gasteiger partial charge in [0, 0.05) is 6.54 Å². The second-order valence-electron chi connectivity index (χ2n) is 5.60. The molecule has 2 rings (SSSR count). The van der Waals surface area contributed by atoms with Gasteiger partial charge in [-0.3, -0.25) is 19.8 Å². The average Bonchev–Trinajstić information content (AvgIpc) is 2.56. The summed E-state index contributed by atoms with van der Waals surface area (Å²) >= 11 is 5.02. The molecule has 0 unspecified atom stereocenters. The maximum absolute atomic E-state index is 12.5. The van der Waals surface area contributed by atoms with Crippen LogP contribution in [0.5, 0.6) is 11.5 Å². The summed E-state index contributed by atoms with van der Waals surface area (Å²) in [5.41, 5.74) is 0.632. The van der Waals surface area contributed by atoms with Gasteiger partial charge in [-0.1, -0.05) is 12.1 Å². The zero-order valence-electron chi connectivity index (χ0n) is 14.4. The molecule has 1 aromatic rings. The first-order chi connectivity index (χ1) is 11.9. The third-order valence-corrected chi connectivity index (χ3v) is 3.68. The van der Waals surface area contributed by atoms with E-state index in [1.54, 1.807) is 24.3 Å². The average molecular weight is 360 g/mol. The molecule has 0 spiro atoms. The maximum atomic E-state index is 12.5. The number of nitrogens with one attached hydrogen (secondary N) is 1. The van der Waals surface area contributed by atoms with Gasteiger partial charge in [-0.2, -0.15) is 0 Å². The molecule has 1 aliphatic rings. The molecule has 132 valence electrons. The Bertz CT molecular complexity index is 755. The molecule has 0 bridgehead atoms. The molecule has 0 atom stereocenters. The Morgan fingerprint density at radius 1 is 1.32 bits per heavy atom. The van der Waals surface area contributed by atoms with Crippen LogP contribution < -0.4 is 14.8 Å². The van der Waals surface area contributed by atoms with E-state index in [1.807, 2.05) is 13.8 Å². The molecule has 1 saturated heterocycles. The number of methoxy groups -OCH3 is 1. The number of hydrogen-bond acceptors (Lipinski definition) is 5. The molecule has 7 heteroatoms. The van der Waals surface area contributed by atoms with Crippen LogP contribution in [0, 0.1) is 0 Å². The van der Waals surface area contributed by atoms with Crippen LogP contribution in [-0.2, 0) is 9.59 Å². The van der Waals surface area contributed by atoms with Crippen LogP contribution in [-0.4, -0.2) is 41.6 Å². The highest BCUT2D eigenvalue weighted by atomic mass is 32.1. The molecule has 1 aliphatic heterocycles.